The largest absolute Gasteiger partial charge is 0.392 e. The van der Waals surface area contributed by atoms with Gasteiger partial charge in [-0.1, -0.05) is 30.3 Å². The number of nitrogens with one attached hydrogen (secondary N) is 1. The molecule has 0 saturated heterocycles. The van der Waals surface area contributed by atoms with Gasteiger partial charge in [0.05, 0.1) is 13.2 Å². The number of para-hydroxylation sites is 1. The Kier molecular flexibility index (Phi) is 5.35. The highest BCUT2D eigenvalue weighted by atomic mass is 16.3. The third kappa shape index (κ3) is 4.07. The molecule has 0 fully saturated rings. The maximum atomic E-state index is 12.3. The lowest BCUT2D eigenvalue weighted by Crippen LogP contribution is -2.35. The van der Waals surface area contributed by atoms with Crippen molar-refractivity contribution in [2.24, 2.45) is 0 Å². The molecule has 0 aliphatic heterocycles. The van der Waals surface area contributed by atoms with Gasteiger partial charge in [0, 0.05) is 17.9 Å². The second-order valence-corrected chi connectivity index (χ2v) is 4.69. The molecule has 1 amide bonds. The number of aliphatic hydroxyl groups excluding tert-OH is 1. The maximum Gasteiger partial charge on any atom is 0.246 e. The Hall–Kier alpha value is -2.33. The molecule has 0 saturated carbocycles. The summed E-state index contributed by atoms with van der Waals surface area (Å²) in [6, 6.07) is 17.0. The number of hydrogen-bond donors (Lipinski definition) is 2. The summed E-state index contributed by atoms with van der Waals surface area (Å²) < 4.78 is 0. The van der Waals surface area contributed by atoms with Crippen LogP contribution < -0.4 is 10.2 Å². The van der Waals surface area contributed by atoms with Gasteiger partial charge in [-0.15, -0.1) is 0 Å². The van der Waals surface area contributed by atoms with E-state index in [0.29, 0.717) is 6.54 Å². The van der Waals surface area contributed by atoms with Crippen LogP contribution >= 0.6 is 0 Å². The number of carbonyl (C=O) groups excluding carboxylic acids is 1. The van der Waals surface area contributed by atoms with Crippen LogP contribution in [0.5, 0.6) is 0 Å². The van der Waals surface area contributed by atoms with Gasteiger partial charge >= 0.3 is 0 Å². The number of rotatable bonds is 6. The summed E-state index contributed by atoms with van der Waals surface area (Å²) in [5, 5.41) is 12.2. The van der Waals surface area contributed by atoms with Gasteiger partial charge in [0.15, 0.2) is 0 Å². The number of anilines is 2. The molecule has 0 aliphatic rings. The van der Waals surface area contributed by atoms with E-state index >= 15 is 0 Å². The Morgan fingerprint density at radius 2 is 1.90 bits per heavy atom. The first-order chi connectivity index (χ1) is 10.2. The molecule has 21 heavy (non-hydrogen) atoms. The normalized spacial score (nSPS) is 10.2. The second-order valence-electron chi connectivity index (χ2n) is 4.69. The van der Waals surface area contributed by atoms with E-state index in [0.717, 1.165) is 16.9 Å². The SMILES string of the molecule is CCN(C(=O)CNc1cccc(CO)c1)c1ccccc1. The molecule has 110 valence electrons. The highest BCUT2D eigenvalue weighted by Gasteiger charge is 2.12. The quantitative estimate of drug-likeness (QED) is 0.857. The molecule has 2 rings (SSSR count). The first kappa shape index (κ1) is 15.1. The summed E-state index contributed by atoms with van der Waals surface area (Å²) >= 11 is 0. The van der Waals surface area contributed by atoms with Crippen molar-refractivity contribution < 1.29 is 9.90 Å². The highest BCUT2D eigenvalue weighted by molar-refractivity contribution is 5.96. The highest BCUT2D eigenvalue weighted by Crippen LogP contribution is 2.14. The fraction of sp³-hybridized carbons (Fsp3) is 0.235. The van der Waals surface area contributed by atoms with E-state index < -0.39 is 0 Å². The van der Waals surface area contributed by atoms with Gasteiger partial charge in [-0.3, -0.25) is 4.79 Å². The van der Waals surface area contributed by atoms with E-state index in [1.807, 2.05) is 61.5 Å². The van der Waals surface area contributed by atoms with Crippen molar-refractivity contribution in [2.45, 2.75) is 13.5 Å². The van der Waals surface area contributed by atoms with Crippen LogP contribution in [0.1, 0.15) is 12.5 Å². The Morgan fingerprint density at radius 1 is 1.14 bits per heavy atom. The standard InChI is InChI=1S/C17H20N2O2/c1-2-19(16-9-4-3-5-10-16)17(21)12-18-15-8-6-7-14(11-15)13-20/h3-11,18,20H,2,12-13H2,1H3. The molecule has 0 radical (unpaired) electrons. The summed E-state index contributed by atoms with van der Waals surface area (Å²) in [5.41, 5.74) is 2.55. The molecule has 2 N–H and O–H groups in total. The van der Waals surface area contributed by atoms with E-state index in [1.165, 1.54) is 0 Å². The van der Waals surface area contributed by atoms with Gasteiger partial charge in [-0.25, -0.2) is 0 Å². The predicted octanol–water partition coefficient (Wildman–Crippen LogP) is 2.64. The van der Waals surface area contributed by atoms with E-state index in [2.05, 4.69) is 5.32 Å². The summed E-state index contributed by atoms with van der Waals surface area (Å²) in [5.74, 6) is 0.0121. The van der Waals surface area contributed by atoms with Gasteiger partial charge in [-0.2, -0.15) is 0 Å². The maximum absolute atomic E-state index is 12.3. The molecule has 0 unspecified atom stereocenters. The zero-order chi connectivity index (χ0) is 15.1. The molecular weight excluding hydrogens is 264 g/mol. The van der Waals surface area contributed by atoms with Crippen LogP contribution in [-0.2, 0) is 11.4 Å². The zero-order valence-electron chi connectivity index (χ0n) is 12.1. The van der Waals surface area contributed by atoms with Crippen LogP contribution in [0.4, 0.5) is 11.4 Å². The van der Waals surface area contributed by atoms with Gasteiger partial charge in [0.25, 0.3) is 0 Å². The number of carbonyl (C=O) groups is 1. The fourth-order valence-electron chi connectivity index (χ4n) is 2.16. The lowest BCUT2D eigenvalue weighted by Gasteiger charge is -2.21. The van der Waals surface area contributed by atoms with Crippen LogP contribution in [0.15, 0.2) is 54.6 Å². The summed E-state index contributed by atoms with van der Waals surface area (Å²) in [4.78, 5) is 14.1. The average Bonchev–Trinajstić information content (AvgIpc) is 2.55. The minimum Gasteiger partial charge on any atom is -0.392 e. The molecule has 0 atom stereocenters. The van der Waals surface area contributed by atoms with Crippen LogP contribution in [0.3, 0.4) is 0 Å². The molecule has 0 aliphatic carbocycles. The molecular formula is C17H20N2O2. The van der Waals surface area contributed by atoms with Crippen molar-refractivity contribution in [3.05, 3.63) is 60.2 Å². The van der Waals surface area contributed by atoms with Gasteiger partial charge in [0.1, 0.15) is 0 Å². The Balaban J connectivity index is 2.00. The number of hydrogen-bond acceptors (Lipinski definition) is 3. The minimum atomic E-state index is -0.00539. The minimum absolute atomic E-state index is 0.00539. The number of nitrogens with zero attached hydrogens (tertiary/aromatic N) is 1. The van der Waals surface area contributed by atoms with E-state index in [1.54, 1.807) is 4.90 Å². The number of benzene rings is 2. The smallest absolute Gasteiger partial charge is 0.246 e. The molecule has 0 bridgehead atoms. The summed E-state index contributed by atoms with van der Waals surface area (Å²) in [6.07, 6.45) is 0. The van der Waals surface area contributed by atoms with Crippen LogP contribution in [0.25, 0.3) is 0 Å². The third-order valence-corrected chi connectivity index (χ3v) is 3.24. The Bertz CT molecular complexity index is 584. The molecule has 0 aromatic heterocycles. The topological polar surface area (TPSA) is 52.6 Å². The monoisotopic (exact) mass is 284 g/mol. The molecule has 0 heterocycles. The van der Waals surface area contributed by atoms with Crippen LogP contribution in [0.2, 0.25) is 0 Å². The van der Waals surface area contributed by atoms with Gasteiger partial charge < -0.3 is 15.3 Å². The zero-order valence-corrected chi connectivity index (χ0v) is 12.1. The molecule has 4 nitrogen and oxygen atoms in total. The van der Waals surface area contributed by atoms with E-state index in [4.69, 9.17) is 5.11 Å². The first-order valence-electron chi connectivity index (χ1n) is 7.03. The number of likely N-dealkylation sites (N-methyl/N-ethyl adjacent to an activating group) is 1. The second kappa shape index (κ2) is 7.45. The lowest BCUT2D eigenvalue weighted by atomic mass is 10.2. The number of aliphatic hydroxyl groups is 1. The lowest BCUT2D eigenvalue weighted by molar-refractivity contribution is -0.116. The van der Waals surface area contributed by atoms with Crippen molar-refractivity contribution in [2.75, 3.05) is 23.3 Å². The van der Waals surface area contributed by atoms with Gasteiger partial charge in [-0.05, 0) is 36.8 Å². The van der Waals surface area contributed by atoms with Crippen molar-refractivity contribution in [3.63, 3.8) is 0 Å². The average molecular weight is 284 g/mol. The first-order valence-corrected chi connectivity index (χ1v) is 7.03. The Morgan fingerprint density at radius 3 is 2.57 bits per heavy atom. The van der Waals surface area contributed by atoms with Gasteiger partial charge in [0.2, 0.25) is 5.91 Å². The van der Waals surface area contributed by atoms with E-state index in [-0.39, 0.29) is 19.1 Å². The number of amides is 1. The van der Waals surface area contributed by atoms with Crippen molar-refractivity contribution in [1.82, 2.24) is 0 Å². The van der Waals surface area contributed by atoms with Crippen LogP contribution in [-0.4, -0.2) is 24.1 Å². The Labute approximate surface area is 125 Å². The molecule has 0 spiro atoms. The van der Waals surface area contributed by atoms with Crippen LogP contribution in [0, 0.1) is 0 Å². The molecule has 4 heteroatoms. The summed E-state index contributed by atoms with van der Waals surface area (Å²) in [7, 11) is 0. The van der Waals surface area contributed by atoms with E-state index in [9.17, 15) is 4.79 Å². The van der Waals surface area contributed by atoms with Crippen molar-refractivity contribution in [1.29, 1.82) is 0 Å². The van der Waals surface area contributed by atoms with Crippen molar-refractivity contribution >= 4 is 17.3 Å². The molecule has 2 aromatic rings. The third-order valence-electron chi connectivity index (χ3n) is 3.24. The molecule has 2 aromatic carbocycles. The summed E-state index contributed by atoms with van der Waals surface area (Å²) in [6.45, 7) is 2.80. The predicted molar refractivity (Wildman–Crippen MR) is 85.3 cm³/mol. The fourth-order valence-corrected chi connectivity index (χ4v) is 2.16. The van der Waals surface area contributed by atoms with Crippen molar-refractivity contribution in [3.8, 4) is 0 Å².